The molecule has 2 aromatic carbocycles. The second-order valence-electron chi connectivity index (χ2n) is 5.79. The smallest absolute Gasteiger partial charge is 0.311 e. The molecule has 132 valence electrons. The molecule has 2 rings (SSSR count). The Morgan fingerprint density at radius 1 is 0.800 bits per heavy atom. The van der Waals surface area contributed by atoms with Gasteiger partial charge in [0, 0.05) is 12.8 Å². The summed E-state index contributed by atoms with van der Waals surface area (Å²) < 4.78 is 10.3. The molecule has 0 atom stereocenters. The van der Waals surface area contributed by atoms with Gasteiger partial charge in [0.2, 0.25) is 0 Å². The number of ether oxygens (including phenoxy) is 2. The molecule has 0 aromatic heterocycles. The molecule has 0 aliphatic rings. The predicted octanol–water partition coefficient (Wildman–Crippen LogP) is 4.77. The van der Waals surface area contributed by atoms with Gasteiger partial charge in [0.05, 0.1) is 6.61 Å². The normalized spacial score (nSPS) is 10.3. The Hall–Kier alpha value is -2.62. The maximum atomic E-state index is 11.8. The Labute approximate surface area is 148 Å². The third-order valence-electron chi connectivity index (χ3n) is 3.67. The first-order valence-electron chi connectivity index (χ1n) is 8.71. The number of benzene rings is 2. The molecule has 0 bridgehead atoms. The van der Waals surface area contributed by atoms with E-state index in [1.165, 1.54) is 0 Å². The third-order valence-corrected chi connectivity index (χ3v) is 3.67. The van der Waals surface area contributed by atoms with E-state index in [4.69, 9.17) is 9.47 Å². The molecule has 0 aliphatic carbocycles. The van der Waals surface area contributed by atoms with Crippen LogP contribution in [-0.4, -0.2) is 18.5 Å². The van der Waals surface area contributed by atoms with Crippen molar-refractivity contribution >= 4 is 11.9 Å². The van der Waals surface area contributed by atoms with E-state index < -0.39 is 0 Å². The van der Waals surface area contributed by atoms with Crippen LogP contribution in [0.4, 0.5) is 0 Å². The van der Waals surface area contributed by atoms with Gasteiger partial charge in [-0.05, 0) is 42.5 Å². The first-order chi connectivity index (χ1) is 12.2. The van der Waals surface area contributed by atoms with E-state index in [0.29, 0.717) is 38.0 Å². The van der Waals surface area contributed by atoms with E-state index in [-0.39, 0.29) is 11.9 Å². The average Bonchev–Trinajstić information content (AvgIpc) is 2.65. The molecule has 0 fully saturated rings. The molecule has 0 saturated heterocycles. The third kappa shape index (κ3) is 6.79. The fourth-order valence-electron chi connectivity index (χ4n) is 2.36. The van der Waals surface area contributed by atoms with E-state index in [1.54, 1.807) is 12.1 Å². The topological polar surface area (TPSA) is 52.6 Å². The molecule has 25 heavy (non-hydrogen) atoms. The fraction of sp³-hybridized carbons (Fsp3) is 0.333. The van der Waals surface area contributed by atoms with Crippen LogP contribution in [0.3, 0.4) is 0 Å². The number of esters is 2. The minimum absolute atomic E-state index is 0.202. The summed E-state index contributed by atoms with van der Waals surface area (Å²) in [6.07, 6.45) is 2.70. The first kappa shape index (κ1) is 18.7. The summed E-state index contributed by atoms with van der Waals surface area (Å²) in [5.74, 6) is 0.0492. The molecule has 0 aliphatic heterocycles. The zero-order valence-electron chi connectivity index (χ0n) is 14.6. The highest BCUT2D eigenvalue weighted by Gasteiger charge is 2.07. The molecule has 0 saturated carbocycles. The van der Waals surface area contributed by atoms with Crippen molar-refractivity contribution in [3.05, 3.63) is 54.6 Å². The van der Waals surface area contributed by atoms with Gasteiger partial charge in [-0.2, -0.15) is 0 Å². The molecule has 0 unspecified atom stereocenters. The van der Waals surface area contributed by atoms with Gasteiger partial charge in [-0.25, -0.2) is 0 Å². The van der Waals surface area contributed by atoms with Gasteiger partial charge in [0.15, 0.2) is 0 Å². The summed E-state index contributed by atoms with van der Waals surface area (Å²) in [5.41, 5.74) is 2.20. The van der Waals surface area contributed by atoms with Crippen molar-refractivity contribution in [3.8, 4) is 16.9 Å². The van der Waals surface area contributed by atoms with E-state index in [0.717, 1.165) is 17.5 Å². The molecule has 0 heterocycles. The first-order valence-corrected chi connectivity index (χ1v) is 8.71. The highest BCUT2D eigenvalue weighted by atomic mass is 16.5. The van der Waals surface area contributed by atoms with Crippen LogP contribution in [0.2, 0.25) is 0 Å². The Morgan fingerprint density at radius 3 is 2.04 bits per heavy atom. The SMILES string of the molecule is CCCOC(=O)CCCCC(=O)Oc1ccc(-c2ccccc2)cc1. The summed E-state index contributed by atoms with van der Waals surface area (Å²) in [6, 6.07) is 17.5. The van der Waals surface area contributed by atoms with E-state index in [1.807, 2.05) is 49.4 Å². The average molecular weight is 340 g/mol. The summed E-state index contributed by atoms with van der Waals surface area (Å²) in [4.78, 5) is 23.2. The molecule has 4 heteroatoms. The lowest BCUT2D eigenvalue weighted by molar-refractivity contribution is -0.144. The van der Waals surface area contributed by atoms with Crippen molar-refractivity contribution in [1.82, 2.24) is 0 Å². The van der Waals surface area contributed by atoms with Crippen molar-refractivity contribution in [2.45, 2.75) is 39.0 Å². The van der Waals surface area contributed by atoms with Gasteiger partial charge in [0.1, 0.15) is 5.75 Å². The largest absolute Gasteiger partial charge is 0.466 e. The summed E-state index contributed by atoms with van der Waals surface area (Å²) in [5, 5.41) is 0. The van der Waals surface area contributed by atoms with Gasteiger partial charge < -0.3 is 9.47 Å². The summed E-state index contributed by atoms with van der Waals surface area (Å²) >= 11 is 0. The number of unbranched alkanes of at least 4 members (excludes halogenated alkanes) is 1. The van der Waals surface area contributed by atoms with Crippen LogP contribution < -0.4 is 4.74 Å². The molecule has 0 spiro atoms. The number of hydrogen-bond donors (Lipinski definition) is 0. The number of hydrogen-bond acceptors (Lipinski definition) is 4. The zero-order valence-corrected chi connectivity index (χ0v) is 14.6. The second-order valence-corrected chi connectivity index (χ2v) is 5.79. The van der Waals surface area contributed by atoms with Crippen LogP contribution in [0.25, 0.3) is 11.1 Å². The van der Waals surface area contributed by atoms with Crippen LogP contribution in [0.1, 0.15) is 39.0 Å². The highest BCUT2D eigenvalue weighted by Crippen LogP contribution is 2.22. The second kappa shape index (κ2) is 10.3. The van der Waals surface area contributed by atoms with Gasteiger partial charge >= 0.3 is 11.9 Å². The van der Waals surface area contributed by atoms with Crippen LogP contribution in [0.15, 0.2) is 54.6 Å². The van der Waals surface area contributed by atoms with Gasteiger partial charge in [-0.3, -0.25) is 9.59 Å². The predicted molar refractivity (Wildman–Crippen MR) is 97.2 cm³/mol. The Bertz CT molecular complexity index is 662. The van der Waals surface area contributed by atoms with Crippen LogP contribution in [0.5, 0.6) is 5.75 Å². The fourth-order valence-corrected chi connectivity index (χ4v) is 2.36. The lowest BCUT2D eigenvalue weighted by atomic mass is 10.1. The molecule has 0 radical (unpaired) electrons. The summed E-state index contributed by atoms with van der Waals surface area (Å²) in [6.45, 7) is 2.41. The number of carbonyl (C=O) groups is 2. The van der Waals surface area contributed by atoms with Crippen molar-refractivity contribution in [2.24, 2.45) is 0 Å². The van der Waals surface area contributed by atoms with Crippen molar-refractivity contribution < 1.29 is 19.1 Å². The van der Waals surface area contributed by atoms with Crippen LogP contribution in [0, 0.1) is 0 Å². The number of rotatable bonds is 9. The standard InChI is InChI=1S/C21H24O4/c1-2-16-24-20(22)10-6-7-11-21(23)25-19-14-12-18(13-15-19)17-8-4-3-5-9-17/h3-5,8-9,12-15H,2,6-7,10-11,16H2,1H3. The Morgan fingerprint density at radius 2 is 1.40 bits per heavy atom. The lowest BCUT2D eigenvalue weighted by Gasteiger charge is -2.06. The Balaban J connectivity index is 1.71. The van der Waals surface area contributed by atoms with Crippen LogP contribution >= 0.6 is 0 Å². The molecule has 0 amide bonds. The monoisotopic (exact) mass is 340 g/mol. The van der Waals surface area contributed by atoms with E-state index in [9.17, 15) is 9.59 Å². The van der Waals surface area contributed by atoms with Gasteiger partial charge in [0.25, 0.3) is 0 Å². The number of carbonyl (C=O) groups excluding carboxylic acids is 2. The molecular weight excluding hydrogens is 316 g/mol. The lowest BCUT2D eigenvalue weighted by Crippen LogP contribution is -2.09. The maximum Gasteiger partial charge on any atom is 0.311 e. The summed E-state index contributed by atoms with van der Waals surface area (Å²) in [7, 11) is 0. The van der Waals surface area contributed by atoms with Gasteiger partial charge in [-0.15, -0.1) is 0 Å². The molecule has 2 aromatic rings. The van der Waals surface area contributed by atoms with Gasteiger partial charge in [-0.1, -0.05) is 49.4 Å². The minimum atomic E-state index is -0.283. The maximum absolute atomic E-state index is 11.8. The molecular formula is C21H24O4. The molecule has 0 N–H and O–H groups in total. The Kier molecular flexibility index (Phi) is 7.70. The van der Waals surface area contributed by atoms with Crippen molar-refractivity contribution in [2.75, 3.05) is 6.61 Å². The van der Waals surface area contributed by atoms with Crippen LogP contribution in [-0.2, 0) is 14.3 Å². The van der Waals surface area contributed by atoms with Crippen molar-refractivity contribution in [3.63, 3.8) is 0 Å². The van der Waals surface area contributed by atoms with Crippen molar-refractivity contribution in [1.29, 1.82) is 0 Å². The molecule has 4 nitrogen and oxygen atoms in total. The van der Waals surface area contributed by atoms with E-state index in [2.05, 4.69) is 0 Å². The zero-order chi connectivity index (χ0) is 17.9. The minimum Gasteiger partial charge on any atom is -0.466 e. The quantitative estimate of drug-likeness (QED) is 0.375. The van der Waals surface area contributed by atoms with E-state index >= 15 is 0 Å². The highest BCUT2D eigenvalue weighted by molar-refractivity contribution is 5.73.